The van der Waals surface area contributed by atoms with Crippen LogP contribution in [0.3, 0.4) is 0 Å². The molecule has 3 nitrogen and oxygen atoms in total. The average molecular weight is 390 g/mol. The van der Waals surface area contributed by atoms with E-state index >= 15 is 0 Å². The molecule has 2 aromatic carbocycles. The fourth-order valence-electron chi connectivity index (χ4n) is 2.35. The number of nitrogens with one attached hydrogen (secondary N) is 1. The van der Waals surface area contributed by atoms with Gasteiger partial charge in [0, 0.05) is 28.1 Å². The first-order chi connectivity index (χ1) is 10.1. The van der Waals surface area contributed by atoms with Crippen LogP contribution in [-0.2, 0) is 6.54 Å². The van der Waals surface area contributed by atoms with E-state index in [0.29, 0.717) is 12.2 Å². The molecule has 0 fully saturated rings. The fraction of sp³-hybridized carbons (Fsp3) is 0.118. The quantitative estimate of drug-likeness (QED) is 0.674. The zero-order valence-electron chi connectivity index (χ0n) is 11.6. The summed E-state index contributed by atoms with van der Waals surface area (Å²) < 4.78 is 1.17. The number of hydrogen-bond donors (Lipinski definition) is 1. The van der Waals surface area contributed by atoms with Gasteiger partial charge in [-0.2, -0.15) is 0 Å². The summed E-state index contributed by atoms with van der Waals surface area (Å²) in [5, 5.41) is 1.06. The third-order valence-electron chi connectivity index (χ3n) is 3.47. The van der Waals surface area contributed by atoms with Crippen molar-refractivity contribution in [3.63, 3.8) is 0 Å². The molecular formula is C17H15IN2O. The summed E-state index contributed by atoms with van der Waals surface area (Å²) in [6.45, 7) is 0.604. The van der Waals surface area contributed by atoms with Gasteiger partial charge in [0.15, 0.2) is 0 Å². The van der Waals surface area contributed by atoms with E-state index in [0.717, 1.165) is 16.5 Å². The highest BCUT2D eigenvalue weighted by Crippen LogP contribution is 2.18. The first kappa shape index (κ1) is 14.1. The lowest BCUT2D eigenvalue weighted by Gasteiger charge is -2.17. The van der Waals surface area contributed by atoms with Gasteiger partial charge in [-0.05, 0) is 46.4 Å². The minimum Gasteiger partial charge on any atom is -0.351 e. The molecule has 3 aromatic rings. The van der Waals surface area contributed by atoms with Gasteiger partial charge in [-0.15, -0.1) is 0 Å². The first-order valence-electron chi connectivity index (χ1n) is 6.72. The molecular weight excluding hydrogens is 375 g/mol. The second kappa shape index (κ2) is 5.89. The number of carbonyl (C=O) groups excluding carboxylic acids is 1. The maximum absolute atomic E-state index is 12.5. The summed E-state index contributed by atoms with van der Waals surface area (Å²) in [5.41, 5.74) is 2.78. The number of aromatic nitrogens is 1. The van der Waals surface area contributed by atoms with E-state index < -0.39 is 0 Å². The summed E-state index contributed by atoms with van der Waals surface area (Å²) in [6.07, 6.45) is 0. The van der Waals surface area contributed by atoms with Gasteiger partial charge in [-0.3, -0.25) is 4.79 Å². The Hall–Kier alpha value is -1.82. The Balaban J connectivity index is 1.82. The van der Waals surface area contributed by atoms with Crippen LogP contribution in [0, 0.1) is 3.57 Å². The van der Waals surface area contributed by atoms with E-state index in [9.17, 15) is 4.79 Å². The number of aromatic amines is 1. The monoisotopic (exact) mass is 390 g/mol. The molecule has 1 aromatic heterocycles. The minimum absolute atomic E-state index is 0.00542. The molecule has 106 valence electrons. The van der Waals surface area contributed by atoms with E-state index in [1.165, 1.54) is 3.57 Å². The SMILES string of the molecule is CN(Cc1ccccc1I)C(=O)c1cc2ccccc2[nH]1. The molecule has 0 aliphatic carbocycles. The average Bonchev–Trinajstić information content (AvgIpc) is 2.92. The van der Waals surface area contributed by atoms with Crippen molar-refractivity contribution in [3.05, 3.63) is 69.4 Å². The molecule has 0 radical (unpaired) electrons. The Morgan fingerprint density at radius 1 is 1.14 bits per heavy atom. The maximum atomic E-state index is 12.5. The van der Waals surface area contributed by atoms with Gasteiger partial charge in [-0.25, -0.2) is 0 Å². The lowest BCUT2D eigenvalue weighted by Crippen LogP contribution is -2.26. The van der Waals surface area contributed by atoms with Crippen molar-refractivity contribution in [1.82, 2.24) is 9.88 Å². The van der Waals surface area contributed by atoms with Crippen LogP contribution in [0.2, 0.25) is 0 Å². The van der Waals surface area contributed by atoms with Crippen LogP contribution in [-0.4, -0.2) is 22.8 Å². The Morgan fingerprint density at radius 2 is 1.86 bits per heavy atom. The minimum atomic E-state index is 0.00542. The number of H-pyrrole nitrogens is 1. The molecule has 0 aliphatic rings. The normalized spacial score (nSPS) is 10.8. The molecule has 1 heterocycles. The maximum Gasteiger partial charge on any atom is 0.270 e. The predicted molar refractivity (Wildman–Crippen MR) is 93.3 cm³/mol. The molecule has 0 spiro atoms. The van der Waals surface area contributed by atoms with Gasteiger partial charge in [0.05, 0.1) is 0 Å². The number of hydrogen-bond acceptors (Lipinski definition) is 1. The van der Waals surface area contributed by atoms with Crippen molar-refractivity contribution in [2.75, 3.05) is 7.05 Å². The number of amides is 1. The van der Waals surface area contributed by atoms with E-state index in [1.807, 2.05) is 49.5 Å². The van der Waals surface area contributed by atoms with Gasteiger partial charge >= 0.3 is 0 Å². The van der Waals surface area contributed by atoms with Crippen LogP contribution in [0.1, 0.15) is 16.1 Å². The Kier molecular flexibility index (Phi) is 3.96. The predicted octanol–water partition coefficient (Wildman–Crippen LogP) is 4.04. The third-order valence-corrected chi connectivity index (χ3v) is 4.52. The third kappa shape index (κ3) is 2.95. The molecule has 4 heteroatoms. The smallest absolute Gasteiger partial charge is 0.270 e. The summed E-state index contributed by atoms with van der Waals surface area (Å²) in [4.78, 5) is 17.4. The highest BCUT2D eigenvalue weighted by atomic mass is 127. The molecule has 0 aliphatic heterocycles. The molecule has 0 bridgehead atoms. The van der Waals surface area contributed by atoms with Gasteiger partial charge in [0.1, 0.15) is 5.69 Å². The summed E-state index contributed by atoms with van der Waals surface area (Å²) >= 11 is 2.30. The summed E-state index contributed by atoms with van der Waals surface area (Å²) in [6, 6.07) is 17.9. The number of nitrogens with zero attached hydrogens (tertiary/aromatic N) is 1. The molecule has 1 amide bonds. The number of halogens is 1. The van der Waals surface area contributed by atoms with Crippen molar-refractivity contribution in [3.8, 4) is 0 Å². The Labute approximate surface area is 137 Å². The van der Waals surface area contributed by atoms with Crippen LogP contribution in [0.25, 0.3) is 10.9 Å². The Morgan fingerprint density at radius 3 is 2.62 bits per heavy atom. The summed E-state index contributed by atoms with van der Waals surface area (Å²) in [5.74, 6) is 0.00542. The van der Waals surface area contributed by atoms with E-state index in [-0.39, 0.29) is 5.91 Å². The van der Waals surface area contributed by atoms with Crippen LogP contribution < -0.4 is 0 Å². The number of benzene rings is 2. The lowest BCUT2D eigenvalue weighted by molar-refractivity contribution is 0.0780. The van der Waals surface area contributed by atoms with Crippen LogP contribution in [0.4, 0.5) is 0 Å². The second-order valence-electron chi connectivity index (χ2n) is 5.02. The van der Waals surface area contributed by atoms with Gasteiger partial charge < -0.3 is 9.88 Å². The summed E-state index contributed by atoms with van der Waals surface area (Å²) in [7, 11) is 1.83. The van der Waals surface area contributed by atoms with E-state index in [1.54, 1.807) is 4.90 Å². The second-order valence-corrected chi connectivity index (χ2v) is 6.19. The molecule has 3 rings (SSSR count). The number of rotatable bonds is 3. The molecule has 0 saturated carbocycles. The van der Waals surface area contributed by atoms with Gasteiger partial charge in [0.25, 0.3) is 5.91 Å². The van der Waals surface area contributed by atoms with Crippen molar-refractivity contribution >= 4 is 39.4 Å². The number of para-hydroxylation sites is 1. The standard InChI is InChI=1S/C17H15IN2O/c1-20(11-13-7-2-4-8-14(13)18)17(21)16-10-12-6-3-5-9-15(12)19-16/h2-10,19H,11H2,1H3. The molecule has 1 N–H and O–H groups in total. The van der Waals surface area contributed by atoms with Crippen molar-refractivity contribution < 1.29 is 4.79 Å². The largest absolute Gasteiger partial charge is 0.351 e. The fourth-order valence-corrected chi connectivity index (χ4v) is 2.91. The zero-order chi connectivity index (χ0) is 14.8. The lowest BCUT2D eigenvalue weighted by atomic mass is 10.2. The van der Waals surface area contributed by atoms with Crippen molar-refractivity contribution in [1.29, 1.82) is 0 Å². The number of carbonyl (C=O) groups is 1. The Bertz CT molecular complexity index is 761. The van der Waals surface area contributed by atoms with Crippen molar-refractivity contribution in [2.45, 2.75) is 6.54 Å². The first-order valence-corrected chi connectivity index (χ1v) is 7.79. The number of fused-ring (bicyclic) bond motifs is 1. The zero-order valence-corrected chi connectivity index (χ0v) is 13.8. The van der Waals surface area contributed by atoms with Crippen LogP contribution in [0.15, 0.2) is 54.6 Å². The molecule has 0 unspecified atom stereocenters. The van der Waals surface area contributed by atoms with E-state index in [2.05, 4.69) is 39.7 Å². The van der Waals surface area contributed by atoms with E-state index in [4.69, 9.17) is 0 Å². The van der Waals surface area contributed by atoms with Crippen molar-refractivity contribution in [2.24, 2.45) is 0 Å². The van der Waals surface area contributed by atoms with Gasteiger partial charge in [-0.1, -0.05) is 36.4 Å². The molecule has 0 atom stereocenters. The van der Waals surface area contributed by atoms with Crippen LogP contribution in [0.5, 0.6) is 0 Å². The topological polar surface area (TPSA) is 36.1 Å². The van der Waals surface area contributed by atoms with Gasteiger partial charge in [0.2, 0.25) is 0 Å². The molecule has 21 heavy (non-hydrogen) atoms. The highest BCUT2D eigenvalue weighted by Gasteiger charge is 2.15. The van der Waals surface area contributed by atoms with Crippen LogP contribution >= 0.6 is 22.6 Å². The molecule has 0 saturated heterocycles. The highest BCUT2D eigenvalue weighted by molar-refractivity contribution is 14.1.